The van der Waals surface area contributed by atoms with E-state index in [4.69, 9.17) is 10.6 Å². The molecule has 0 bridgehead atoms. The summed E-state index contributed by atoms with van der Waals surface area (Å²) < 4.78 is 5.36. The molecule has 0 spiro atoms. The van der Waals surface area contributed by atoms with E-state index in [1.54, 1.807) is 7.11 Å². The Hall–Kier alpha value is -0.710. The van der Waals surface area contributed by atoms with Crippen LogP contribution in [0, 0.1) is 6.92 Å². The lowest BCUT2D eigenvalue weighted by molar-refractivity contribution is 0.398. The highest BCUT2D eigenvalue weighted by molar-refractivity contribution is 7.98. The maximum Gasteiger partial charge on any atom is 0.123 e. The van der Waals surface area contributed by atoms with Gasteiger partial charge in [0.2, 0.25) is 0 Å². The van der Waals surface area contributed by atoms with Crippen molar-refractivity contribution in [2.45, 2.75) is 19.4 Å². The van der Waals surface area contributed by atoms with E-state index in [-0.39, 0.29) is 6.04 Å². The van der Waals surface area contributed by atoms with Crippen LogP contribution >= 0.6 is 11.8 Å². The summed E-state index contributed by atoms with van der Waals surface area (Å²) >= 11 is 1.82. The van der Waals surface area contributed by atoms with Crippen molar-refractivity contribution < 1.29 is 4.74 Å². The van der Waals surface area contributed by atoms with E-state index in [1.807, 2.05) is 23.9 Å². The summed E-state index contributed by atoms with van der Waals surface area (Å²) in [5.74, 6) is 7.58. The first-order chi connectivity index (χ1) is 7.72. The zero-order valence-electron chi connectivity index (χ0n) is 10.1. The van der Waals surface area contributed by atoms with Crippen LogP contribution in [0.4, 0.5) is 0 Å². The lowest BCUT2D eigenvalue weighted by atomic mass is 10.0. The molecule has 1 aromatic carbocycles. The number of aryl methyl sites for hydroxylation is 1. The van der Waals surface area contributed by atoms with Crippen molar-refractivity contribution in [3.05, 3.63) is 29.3 Å². The number of nitrogens with one attached hydrogen (secondary N) is 1. The van der Waals surface area contributed by atoms with Gasteiger partial charge in [-0.1, -0.05) is 17.7 Å². The molecule has 0 radical (unpaired) electrons. The van der Waals surface area contributed by atoms with Crippen molar-refractivity contribution in [1.82, 2.24) is 5.43 Å². The highest BCUT2D eigenvalue weighted by Gasteiger charge is 2.14. The second-order valence-electron chi connectivity index (χ2n) is 3.75. The quantitative estimate of drug-likeness (QED) is 0.591. The van der Waals surface area contributed by atoms with Crippen molar-refractivity contribution in [3.8, 4) is 5.75 Å². The van der Waals surface area contributed by atoms with Crippen LogP contribution in [0.25, 0.3) is 0 Å². The number of nitrogens with two attached hydrogens (primary N) is 1. The number of rotatable bonds is 6. The van der Waals surface area contributed by atoms with Crippen molar-refractivity contribution >= 4 is 11.8 Å². The molecule has 16 heavy (non-hydrogen) atoms. The van der Waals surface area contributed by atoms with E-state index in [1.165, 1.54) is 5.56 Å². The van der Waals surface area contributed by atoms with Crippen LogP contribution in [-0.2, 0) is 0 Å². The first-order valence-electron chi connectivity index (χ1n) is 5.32. The van der Waals surface area contributed by atoms with E-state index in [9.17, 15) is 0 Å². The topological polar surface area (TPSA) is 47.3 Å². The van der Waals surface area contributed by atoms with E-state index in [0.717, 1.165) is 23.5 Å². The van der Waals surface area contributed by atoms with Crippen LogP contribution in [0.2, 0.25) is 0 Å². The fraction of sp³-hybridized carbons (Fsp3) is 0.500. The number of ether oxygens (including phenoxy) is 1. The van der Waals surface area contributed by atoms with Gasteiger partial charge in [0.25, 0.3) is 0 Å². The minimum atomic E-state index is 0.155. The summed E-state index contributed by atoms with van der Waals surface area (Å²) in [5, 5.41) is 0. The van der Waals surface area contributed by atoms with Crippen molar-refractivity contribution in [1.29, 1.82) is 0 Å². The van der Waals surface area contributed by atoms with Crippen molar-refractivity contribution in [2.24, 2.45) is 5.84 Å². The maximum absolute atomic E-state index is 5.60. The Morgan fingerprint density at radius 3 is 2.81 bits per heavy atom. The largest absolute Gasteiger partial charge is 0.496 e. The zero-order chi connectivity index (χ0) is 12.0. The summed E-state index contributed by atoms with van der Waals surface area (Å²) in [7, 11) is 1.69. The highest BCUT2D eigenvalue weighted by Crippen LogP contribution is 2.28. The Bertz CT molecular complexity index is 331. The minimum absolute atomic E-state index is 0.155. The number of benzene rings is 1. The number of methoxy groups -OCH3 is 1. The highest BCUT2D eigenvalue weighted by atomic mass is 32.2. The molecule has 1 rings (SSSR count). The number of thioether (sulfide) groups is 1. The second-order valence-corrected chi connectivity index (χ2v) is 4.73. The summed E-state index contributed by atoms with van der Waals surface area (Å²) in [5.41, 5.74) is 5.22. The molecule has 0 aliphatic rings. The molecule has 3 nitrogen and oxygen atoms in total. The molecule has 4 heteroatoms. The SMILES string of the molecule is COc1ccc(C)cc1C(CCSC)NN. The molecule has 0 aliphatic heterocycles. The van der Waals surface area contributed by atoms with Gasteiger partial charge in [-0.2, -0.15) is 11.8 Å². The first-order valence-corrected chi connectivity index (χ1v) is 6.72. The predicted octanol–water partition coefficient (Wildman–Crippen LogP) is 2.26. The summed E-state index contributed by atoms with van der Waals surface area (Å²) in [6, 6.07) is 6.32. The van der Waals surface area contributed by atoms with Crippen molar-refractivity contribution in [2.75, 3.05) is 19.1 Å². The third-order valence-corrected chi connectivity index (χ3v) is 3.22. The summed E-state index contributed by atoms with van der Waals surface area (Å²) in [6.07, 6.45) is 3.10. The van der Waals surface area contributed by atoms with Gasteiger partial charge >= 0.3 is 0 Å². The standard InChI is InChI=1S/C12H20N2OS/c1-9-4-5-12(15-2)10(8-9)11(14-13)6-7-16-3/h4-5,8,11,14H,6-7,13H2,1-3H3. The molecule has 1 aromatic rings. The second kappa shape index (κ2) is 6.78. The van der Waals surface area contributed by atoms with Gasteiger partial charge in [0.15, 0.2) is 0 Å². The van der Waals surface area contributed by atoms with Gasteiger partial charge in [0, 0.05) is 5.56 Å². The monoisotopic (exact) mass is 240 g/mol. The molecule has 0 aliphatic carbocycles. The van der Waals surface area contributed by atoms with Crippen LogP contribution < -0.4 is 16.0 Å². The smallest absolute Gasteiger partial charge is 0.123 e. The Morgan fingerprint density at radius 2 is 2.25 bits per heavy atom. The Morgan fingerprint density at radius 1 is 1.50 bits per heavy atom. The molecule has 1 atom stereocenters. The molecular formula is C12H20N2OS. The van der Waals surface area contributed by atoms with Gasteiger partial charge < -0.3 is 4.74 Å². The fourth-order valence-corrected chi connectivity index (χ4v) is 2.16. The molecule has 0 amide bonds. The molecule has 0 saturated carbocycles. The van der Waals surface area contributed by atoms with Crippen LogP contribution in [0.15, 0.2) is 18.2 Å². The number of hydrogen-bond acceptors (Lipinski definition) is 4. The lowest BCUT2D eigenvalue weighted by Gasteiger charge is -2.19. The summed E-state index contributed by atoms with van der Waals surface area (Å²) in [6.45, 7) is 2.07. The molecule has 0 saturated heterocycles. The van der Waals surface area contributed by atoms with Gasteiger partial charge in [-0.3, -0.25) is 11.3 Å². The van der Waals surface area contributed by atoms with E-state index in [2.05, 4.69) is 24.7 Å². The van der Waals surface area contributed by atoms with E-state index < -0.39 is 0 Å². The molecule has 0 fully saturated rings. The fourth-order valence-electron chi connectivity index (χ4n) is 1.69. The van der Waals surface area contributed by atoms with Gasteiger partial charge in [-0.15, -0.1) is 0 Å². The van der Waals surface area contributed by atoms with E-state index >= 15 is 0 Å². The average Bonchev–Trinajstić information content (AvgIpc) is 2.30. The molecule has 0 heterocycles. The third-order valence-electron chi connectivity index (χ3n) is 2.57. The molecule has 0 aromatic heterocycles. The van der Waals surface area contributed by atoms with Gasteiger partial charge in [0.1, 0.15) is 5.75 Å². The molecule has 1 unspecified atom stereocenters. The Balaban J connectivity index is 2.92. The maximum atomic E-state index is 5.60. The normalized spacial score (nSPS) is 12.5. The number of hydrogen-bond donors (Lipinski definition) is 2. The van der Waals surface area contributed by atoms with Gasteiger partial charge in [-0.05, 0) is 31.4 Å². The zero-order valence-corrected chi connectivity index (χ0v) is 10.9. The molecule has 90 valence electrons. The van der Waals surface area contributed by atoms with Gasteiger partial charge in [-0.25, -0.2) is 0 Å². The van der Waals surface area contributed by atoms with Crippen molar-refractivity contribution in [3.63, 3.8) is 0 Å². The molecular weight excluding hydrogens is 220 g/mol. The number of hydrazine groups is 1. The minimum Gasteiger partial charge on any atom is -0.496 e. The Labute approximate surface area is 102 Å². The van der Waals surface area contributed by atoms with Gasteiger partial charge in [0.05, 0.1) is 13.2 Å². The van der Waals surface area contributed by atoms with E-state index in [0.29, 0.717) is 0 Å². The van der Waals surface area contributed by atoms with Crippen LogP contribution in [0.5, 0.6) is 5.75 Å². The van der Waals surface area contributed by atoms with Crippen LogP contribution in [-0.4, -0.2) is 19.1 Å². The third kappa shape index (κ3) is 3.40. The average molecular weight is 240 g/mol. The first kappa shape index (κ1) is 13.4. The summed E-state index contributed by atoms with van der Waals surface area (Å²) in [4.78, 5) is 0. The Kier molecular flexibility index (Phi) is 5.66. The van der Waals surface area contributed by atoms with Crippen LogP contribution in [0.3, 0.4) is 0 Å². The predicted molar refractivity (Wildman–Crippen MR) is 70.8 cm³/mol. The lowest BCUT2D eigenvalue weighted by Crippen LogP contribution is -2.28. The van der Waals surface area contributed by atoms with Crippen LogP contribution in [0.1, 0.15) is 23.6 Å². The molecule has 3 N–H and O–H groups in total.